The highest BCUT2D eigenvalue weighted by atomic mass is 16.7. The molecule has 4 nitrogen and oxygen atoms in total. The van der Waals surface area contributed by atoms with Crippen molar-refractivity contribution in [3.8, 4) is 22.3 Å². The molecule has 10 rings (SSSR count). The minimum atomic E-state index is -0.408. The summed E-state index contributed by atoms with van der Waals surface area (Å²) in [7, 11) is -0.815. The third-order valence-corrected chi connectivity index (χ3v) is 14.3. The maximum atomic E-state index is 6.44. The van der Waals surface area contributed by atoms with Crippen molar-refractivity contribution in [2.24, 2.45) is 0 Å². The number of hydrogen-bond acceptors (Lipinski definition) is 4. The predicted molar refractivity (Wildman–Crippen MR) is 247 cm³/mol. The molecule has 0 atom stereocenters. The highest BCUT2D eigenvalue weighted by Gasteiger charge is 2.52. The fourth-order valence-corrected chi connectivity index (χ4v) is 9.90. The van der Waals surface area contributed by atoms with Crippen molar-refractivity contribution in [2.45, 2.75) is 98.6 Å². The molecule has 3 heterocycles. The summed E-state index contributed by atoms with van der Waals surface area (Å²) in [6.45, 7) is 23.7. The molecule has 7 heteroatoms. The van der Waals surface area contributed by atoms with Crippen LogP contribution in [0.1, 0.15) is 72.1 Å². The summed E-state index contributed by atoms with van der Waals surface area (Å²) in [5.41, 5.74) is 13.4. The maximum Gasteiger partial charge on any atom is 0.494 e. The normalized spacial score (nSPS) is 18.8. The molecular formula is C51H51B3O4. The Hall–Kier alpha value is -4.65. The van der Waals surface area contributed by atoms with Crippen molar-refractivity contribution < 1.29 is 18.6 Å². The lowest BCUT2D eigenvalue weighted by Gasteiger charge is -2.32. The molecule has 3 aliphatic heterocycles. The molecule has 2 saturated heterocycles. The van der Waals surface area contributed by atoms with Crippen molar-refractivity contribution in [3.05, 3.63) is 126 Å². The molecule has 7 aromatic rings. The van der Waals surface area contributed by atoms with Crippen LogP contribution in [-0.2, 0) is 18.6 Å². The van der Waals surface area contributed by atoms with Crippen LogP contribution in [0.4, 0.5) is 0 Å². The summed E-state index contributed by atoms with van der Waals surface area (Å²) >= 11 is 0. The van der Waals surface area contributed by atoms with Gasteiger partial charge in [0.1, 0.15) is 0 Å². The summed E-state index contributed by atoms with van der Waals surface area (Å²) in [4.78, 5) is 0. The topological polar surface area (TPSA) is 36.9 Å². The van der Waals surface area contributed by atoms with E-state index < -0.39 is 36.6 Å². The molecule has 58 heavy (non-hydrogen) atoms. The molecule has 0 saturated carbocycles. The van der Waals surface area contributed by atoms with Gasteiger partial charge in [0.15, 0.2) is 0 Å². The van der Waals surface area contributed by atoms with Crippen LogP contribution in [0.3, 0.4) is 0 Å². The van der Waals surface area contributed by atoms with Crippen LogP contribution < -0.4 is 27.3 Å². The lowest BCUT2D eigenvalue weighted by Crippen LogP contribution is -2.55. The van der Waals surface area contributed by atoms with Crippen LogP contribution >= 0.6 is 0 Å². The van der Waals surface area contributed by atoms with Gasteiger partial charge < -0.3 is 18.6 Å². The Balaban J connectivity index is 1.19. The number of hydrogen-bond donors (Lipinski definition) is 0. The molecule has 2 fully saturated rings. The molecule has 0 radical (unpaired) electrons. The van der Waals surface area contributed by atoms with Crippen molar-refractivity contribution in [1.82, 2.24) is 0 Å². The van der Waals surface area contributed by atoms with Crippen LogP contribution in [0.25, 0.3) is 54.6 Å². The first-order valence-corrected chi connectivity index (χ1v) is 20.9. The Morgan fingerprint density at radius 1 is 0.431 bits per heavy atom. The first-order valence-electron chi connectivity index (χ1n) is 20.9. The Morgan fingerprint density at radius 2 is 0.810 bits per heavy atom. The highest BCUT2D eigenvalue weighted by Crippen LogP contribution is 2.43. The Morgan fingerprint density at radius 3 is 1.19 bits per heavy atom. The van der Waals surface area contributed by atoms with E-state index in [9.17, 15) is 0 Å². The molecule has 7 aromatic carbocycles. The van der Waals surface area contributed by atoms with Crippen LogP contribution in [0.2, 0.25) is 0 Å². The molecule has 0 spiro atoms. The van der Waals surface area contributed by atoms with Crippen LogP contribution in [0.5, 0.6) is 0 Å². The molecule has 0 amide bonds. The van der Waals surface area contributed by atoms with Gasteiger partial charge in [-0.15, -0.1) is 0 Å². The van der Waals surface area contributed by atoms with Gasteiger partial charge in [0.25, 0.3) is 0 Å². The predicted octanol–water partition coefficient (Wildman–Crippen LogP) is 8.83. The van der Waals surface area contributed by atoms with Gasteiger partial charge in [-0.3, -0.25) is 0 Å². The Kier molecular flexibility index (Phi) is 8.22. The molecule has 0 unspecified atom stereocenters. The number of aryl methyl sites for hydroxylation is 3. The van der Waals surface area contributed by atoms with Gasteiger partial charge in [0.05, 0.1) is 22.4 Å². The minimum absolute atomic E-state index is 0.0886. The summed E-state index contributed by atoms with van der Waals surface area (Å²) in [5, 5.41) is 7.82. The summed E-state index contributed by atoms with van der Waals surface area (Å²) in [6, 6.07) is 41.2. The van der Waals surface area contributed by atoms with Gasteiger partial charge in [-0.2, -0.15) is 0 Å². The van der Waals surface area contributed by atoms with Crippen molar-refractivity contribution >= 4 is 80.6 Å². The Labute approximate surface area is 344 Å². The quantitative estimate of drug-likeness (QED) is 0.130. The molecular weight excluding hydrogens is 709 g/mol. The zero-order chi connectivity index (χ0) is 40.7. The van der Waals surface area contributed by atoms with Crippen LogP contribution in [0, 0.1) is 20.8 Å². The number of rotatable bonds is 5. The van der Waals surface area contributed by atoms with E-state index in [1.165, 1.54) is 87.6 Å². The Bertz CT molecular complexity index is 2620. The summed E-state index contributed by atoms with van der Waals surface area (Å²) in [6.07, 6.45) is 0. The summed E-state index contributed by atoms with van der Waals surface area (Å²) in [5.74, 6) is 0. The second kappa shape index (κ2) is 12.7. The van der Waals surface area contributed by atoms with Gasteiger partial charge >= 0.3 is 14.2 Å². The lowest BCUT2D eigenvalue weighted by atomic mass is 9.33. The smallest absolute Gasteiger partial charge is 0.399 e. The maximum absolute atomic E-state index is 6.44. The van der Waals surface area contributed by atoms with Gasteiger partial charge in [0.2, 0.25) is 6.71 Å². The van der Waals surface area contributed by atoms with Crippen molar-refractivity contribution in [3.63, 3.8) is 0 Å². The highest BCUT2D eigenvalue weighted by molar-refractivity contribution is 7.00. The SMILES string of the molecule is Cc1cc(C)c(B2c3cccc4c(-c5ccc(B6OC(C)(C)C(C)(C)O6)cc5)cc5cc(-c6ccc(B7OC(C)(C)C(C)(C)O7)cc6)c6cccc2c6c5c34)c(C)c1. The van der Waals surface area contributed by atoms with E-state index in [1.807, 2.05) is 0 Å². The third kappa shape index (κ3) is 5.54. The van der Waals surface area contributed by atoms with Crippen LogP contribution in [-0.4, -0.2) is 43.4 Å². The average molecular weight is 760 g/mol. The molecule has 0 bridgehead atoms. The molecule has 0 aromatic heterocycles. The van der Waals surface area contributed by atoms with Gasteiger partial charge in [-0.05, 0) is 154 Å². The number of benzene rings is 7. The monoisotopic (exact) mass is 760 g/mol. The van der Waals surface area contributed by atoms with Gasteiger partial charge in [0, 0.05) is 0 Å². The molecule has 0 aliphatic carbocycles. The van der Waals surface area contributed by atoms with Gasteiger partial charge in [-0.25, -0.2) is 0 Å². The second-order valence-electron chi connectivity index (χ2n) is 19.2. The van der Waals surface area contributed by atoms with E-state index in [-0.39, 0.29) is 6.71 Å². The fraction of sp³-hybridized carbons (Fsp3) is 0.294. The lowest BCUT2D eigenvalue weighted by molar-refractivity contribution is 0.00578. The zero-order valence-corrected chi connectivity index (χ0v) is 35.8. The van der Waals surface area contributed by atoms with E-state index in [4.69, 9.17) is 18.6 Å². The molecule has 0 N–H and O–H groups in total. The van der Waals surface area contributed by atoms with E-state index in [0.717, 1.165) is 10.9 Å². The second-order valence-corrected chi connectivity index (χ2v) is 19.2. The zero-order valence-electron chi connectivity index (χ0n) is 35.8. The summed E-state index contributed by atoms with van der Waals surface area (Å²) < 4.78 is 25.8. The minimum Gasteiger partial charge on any atom is -0.399 e. The third-order valence-electron chi connectivity index (χ3n) is 14.3. The van der Waals surface area contributed by atoms with E-state index in [0.29, 0.717) is 0 Å². The van der Waals surface area contributed by atoms with E-state index in [1.54, 1.807) is 0 Å². The van der Waals surface area contributed by atoms with E-state index in [2.05, 4.69) is 185 Å². The average Bonchev–Trinajstić information content (AvgIpc) is 3.54. The first kappa shape index (κ1) is 37.6. The first-order chi connectivity index (χ1) is 27.4. The van der Waals surface area contributed by atoms with Crippen LogP contribution in [0.15, 0.2) is 109 Å². The fourth-order valence-electron chi connectivity index (χ4n) is 9.90. The van der Waals surface area contributed by atoms with Gasteiger partial charge in [-0.1, -0.05) is 130 Å². The van der Waals surface area contributed by atoms with Crippen molar-refractivity contribution in [1.29, 1.82) is 0 Å². The largest absolute Gasteiger partial charge is 0.494 e. The standard InChI is InChI=1S/C51H51B3O4/c1-30-26-31(2)47(32(3)27-30)52-42-16-12-14-38-40(33-18-22-36(23-19-33)53-55-48(4,5)49(6,7)56-53)28-35-29-41(39-15-13-17-43(52)46(39)44(35)45(38)42)34-20-24-37(25-21-34)54-57-50(8,9)51(10,11)58-54/h12-29H,1-11H3. The van der Waals surface area contributed by atoms with E-state index >= 15 is 0 Å². The molecule has 3 aliphatic rings. The molecule has 288 valence electrons. The van der Waals surface area contributed by atoms with Crippen molar-refractivity contribution in [2.75, 3.05) is 0 Å².